The Labute approximate surface area is 177 Å². The Hall–Kier alpha value is -2.86. The predicted octanol–water partition coefficient (Wildman–Crippen LogP) is 4.39. The molecule has 1 atom stereocenters. The molecule has 2 aromatic rings. The second-order valence-corrected chi connectivity index (χ2v) is 7.26. The molecule has 3 rings (SSSR count). The number of nitrogens with one attached hydrogen (secondary N) is 2. The second kappa shape index (κ2) is 9.56. The zero-order chi connectivity index (χ0) is 20.8. The molecule has 0 aromatic heterocycles. The maximum absolute atomic E-state index is 12.6. The normalized spacial score (nSPS) is 16.1. The van der Waals surface area contributed by atoms with Gasteiger partial charge in [0.05, 0.1) is 25.5 Å². The highest BCUT2D eigenvalue weighted by Crippen LogP contribution is 2.36. The lowest BCUT2D eigenvalue weighted by atomic mass is 9.90. The van der Waals surface area contributed by atoms with E-state index in [-0.39, 0.29) is 11.8 Å². The van der Waals surface area contributed by atoms with E-state index in [1.165, 1.54) is 0 Å². The highest BCUT2D eigenvalue weighted by atomic mass is 32.1. The maximum Gasteiger partial charge on any atom is 0.171 e. The van der Waals surface area contributed by atoms with E-state index in [1.54, 1.807) is 14.0 Å². The number of Topliss-reactive ketones (excluding diaryl/α,β-unsaturated/α-hetero) is 1. The Bertz CT molecular complexity index is 925. The van der Waals surface area contributed by atoms with E-state index >= 15 is 0 Å². The summed E-state index contributed by atoms with van der Waals surface area (Å²) in [5.41, 5.74) is 3.16. The fraction of sp³-hybridized carbons (Fsp3) is 0.304. The smallest absolute Gasteiger partial charge is 0.171 e. The maximum atomic E-state index is 12.6. The van der Waals surface area contributed by atoms with Crippen LogP contribution >= 0.6 is 12.2 Å². The van der Waals surface area contributed by atoms with Gasteiger partial charge >= 0.3 is 0 Å². The first kappa shape index (κ1) is 20.9. The van der Waals surface area contributed by atoms with Crippen molar-refractivity contribution in [2.24, 2.45) is 0 Å². The van der Waals surface area contributed by atoms with E-state index in [4.69, 9.17) is 21.7 Å². The summed E-state index contributed by atoms with van der Waals surface area (Å²) in [6, 6.07) is 15.1. The number of carbonyl (C=O) groups is 1. The van der Waals surface area contributed by atoms with Crippen LogP contribution in [0.3, 0.4) is 0 Å². The Morgan fingerprint density at radius 1 is 1.14 bits per heavy atom. The lowest BCUT2D eigenvalue weighted by Crippen LogP contribution is -2.44. The van der Waals surface area contributed by atoms with E-state index < -0.39 is 0 Å². The minimum Gasteiger partial charge on any atom is -0.493 e. The third kappa shape index (κ3) is 4.77. The number of carbonyl (C=O) groups excluding carboxylic acids is 1. The van der Waals surface area contributed by atoms with Gasteiger partial charge in [0.25, 0.3) is 0 Å². The van der Waals surface area contributed by atoms with Gasteiger partial charge in [-0.3, -0.25) is 4.79 Å². The number of unbranched alkanes of at least 4 members (excludes halogenated alkanes) is 1. The van der Waals surface area contributed by atoms with Gasteiger partial charge in [-0.1, -0.05) is 49.7 Å². The summed E-state index contributed by atoms with van der Waals surface area (Å²) in [5, 5.41) is 6.87. The van der Waals surface area contributed by atoms with Gasteiger partial charge in [0.2, 0.25) is 0 Å². The molecule has 1 heterocycles. The monoisotopic (exact) mass is 410 g/mol. The van der Waals surface area contributed by atoms with Crippen molar-refractivity contribution in [3.63, 3.8) is 0 Å². The van der Waals surface area contributed by atoms with Crippen molar-refractivity contribution >= 4 is 28.8 Å². The lowest BCUT2D eigenvalue weighted by molar-refractivity contribution is -0.113. The molecule has 0 unspecified atom stereocenters. The fourth-order valence-corrected chi connectivity index (χ4v) is 3.56. The first-order valence-corrected chi connectivity index (χ1v) is 10.1. The van der Waals surface area contributed by atoms with Gasteiger partial charge in [0.15, 0.2) is 22.4 Å². The predicted molar refractivity (Wildman–Crippen MR) is 119 cm³/mol. The molecule has 0 aliphatic carbocycles. The number of benzene rings is 2. The van der Waals surface area contributed by atoms with Crippen molar-refractivity contribution in [2.45, 2.75) is 32.7 Å². The molecule has 0 radical (unpaired) electrons. The summed E-state index contributed by atoms with van der Waals surface area (Å²) >= 11 is 5.43. The van der Waals surface area contributed by atoms with Gasteiger partial charge in [-0.15, -0.1) is 0 Å². The average Bonchev–Trinajstić information content (AvgIpc) is 2.73. The molecular formula is C23H26N2O3S. The minimum atomic E-state index is -0.380. The van der Waals surface area contributed by atoms with Crippen LogP contribution < -0.4 is 20.1 Å². The lowest BCUT2D eigenvalue weighted by Gasteiger charge is -2.31. The number of rotatable bonds is 8. The molecule has 2 N–H and O–H groups in total. The van der Waals surface area contributed by atoms with Crippen molar-refractivity contribution < 1.29 is 14.3 Å². The van der Waals surface area contributed by atoms with Gasteiger partial charge in [0, 0.05) is 5.57 Å². The topological polar surface area (TPSA) is 59.6 Å². The van der Waals surface area contributed by atoms with Crippen LogP contribution in [-0.2, 0) is 4.79 Å². The zero-order valence-electron chi connectivity index (χ0n) is 17.0. The summed E-state index contributed by atoms with van der Waals surface area (Å²) in [7, 11) is 1.61. The quantitative estimate of drug-likeness (QED) is 0.497. The number of ether oxygens (including phenoxy) is 2. The Balaban J connectivity index is 2.03. The standard InChI is InChI=1S/C23H26N2O3S/c1-4-5-13-28-18-12-11-17(14-19(18)27-3)22-20(15(2)26)21(24-23(29)25-22)16-9-7-6-8-10-16/h6-12,14,22H,4-5,13H2,1-3H3,(H2,24,25,29)/t22-/m0/s1. The highest BCUT2D eigenvalue weighted by Gasteiger charge is 2.30. The molecule has 0 spiro atoms. The van der Waals surface area contributed by atoms with E-state index in [0.717, 1.165) is 29.7 Å². The van der Waals surface area contributed by atoms with Crippen molar-refractivity contribution in [1.29, 1.82) is 0 Å². The zero-order valence-corrected chi connectivity index (χ0v) is 17.8. The molecule has 0 saturated heterocycles. The second-order valence-electron chi connectivity index (χ2n) is 6.85. The molecule has 0 fully saturated rings. The molecule has 1 aliphatic heterocycles. The van der Waals surface area contributed by atoms with Gasteiger partial charge in [0.1, 0.15) is 0 Å². The molecule has 1 aliphatic rings. The van der Waals surface area contributed by atoms with Crippen LogP contribution in [0.1, 0.15) is 43.9 Å². The number of hydrogen-bond donors (Lipinski definition) is 2. The van der Waals surface area contributed by atoms with Crippen molar-refractivity contribution in [3.8, 4) is 11.5 Å². The molecule has 29 heavy (non-hydrogen) atoms. The number of ketones is 1. The number of thiocarbonyl (C=S) groups is 1. The summed E-state index contributed by atoms with van der Waals surface area (Å²) in [5.74, 6) is 1.30. The van der Waals surface area contributed by atoms with Gasteiger partial charge in [-0.2, -0.15) is 0 Å². The SMILES string of the molecule is CCCCOc1ccc([C@@H]2NC(=S)NC(c3ccccc3)=C2C(C)=O)cc1OC. The third-order valence-corrected chi connectivity index (χ3v) is 5.01. The van der Waals surface area contributed by atoms with Crippen LogP contribution in [0.25, 0.3) is 5.70 Å². The van der Waals surface area contributed by atoms with Crippen molar-refractivity contribution in [1.82, 2.24) is 10.6 Å². The molecule has 0 amide bonds. The molecule has 2 aromatic carbocycles. The number of methoxy groups -OCH3 is 1. The van der Waals surface area contributed by atoms with Crippen LogP contribution in [0.15, 0.2) is 54.1 Å². The van der Waals surface area contributed by atoms with Gasteiger partial charge < -0.3 is 20.1 Å². The van der Waals surface area contributed by atoms with Crippen molar-refractivity contribution in [2.75, 3.05) is 13.7 Å². The molecule has 152 valence electrons. The first-order valence-electron chi connectivity index (χ1n) is 9.74. The summed E-state index contributed by atoms with van der Waals surface area (Å²) < 4.78 is 11.4. The van der Waals surface area contributed by atoms with E-state index in [9.17, 15) is 4.79 Å². The first-order chi connectivity index (χ1) is 14.0. The summed E-state index contributed by atoms with van der Waals surface area (Å²) in [6.07, 6.45) is 2.04. The van der Waals surface area contributed by atoms with Crippen LogP contribution in [0.4, 0.5) is 0 Å². The van der Waals surface area contributed by atoms with E-state index in [1.807, 2.05) is 48.5 Å². The largest absolute Gasteiger partial charge is 0.493 e. The average molecular weight is 411 g/mol. The van der Waals surface area contributed by atoms with E-state index in [0.29, 0.717) is 28.8 Å². The van der Waals surface area contributed by atoms with Crippen LogP contribution in [0, 0.1) is 0 Å². The highest BCUT2D eigenvalue weighted by molar-refractivity contribution is 7.80. The molecule has 6 heteroatoms. The molecule has 5 nitrogen and oxygen atoms in total. The minimum absolute atomic E-state index is 0.0291. The third-order valence-electron chi connectivity index (χ3n) is 4.79. The molecular weight excluding hydrogens is 384 g/mol. The van der Waals surface area contributed by atoms with Crippen LogP contribution in [0.5, 0.6) is 11.5 Å². The molecule has 0 saturated carbocycles. The summed E-state index contributed by atoms with van der Waals surface area (Å²) in [4.78, 5) is 12.6. The van der Waals surface area contributed by atoms with Crippen molar-refractivity contribution in [3.05, 3.63) is 65.2 Å². The fourth-order valence-electron chi connectivity index (χ4n) is 3.34. The number of hydrogen-bond acceptors (Lipinski definition) is 4. The Kier molecular flexibility index (Phi) is 6.88. The Morgan fingerprint density at radius 2 is 1.90 bits per heavy atom. The Morgan fingerprint density at radius 3 is 2.55 bits per heavy atom. The molecule has 0 bridgehead atoms. The van der Waals surface area contributed by atoms with E-state index in [2.05, 4.69) is 17.6 Å². The van der Waals surface area contributed by atoms with Crippen LogP contribution in [-0.4, -0.2) is 24.6 Å². The summed E-state index contributed by atoms with van der Waals surface area (Å²) in [6.45, 7) is 4.33. The van der Waals surface area contributed by atoms with Gasteiger partial charge in [-0.25, -0.2) is 0 Å². The van der Waals surface area contributed by atoms with Crippen LogP contribution in [0.2, 0.25) is 0 Å². The van der Waals surface area contributed by atoms with Gasteiger partial charge in [-0.05, 0) is 48.8 Å².